The summed E-state index contributed by atoms with van der Waals surface area (Å²) in [4.78, 5) is 11.5. The van der Waals surface area contributed by atoms with E-state index in [1.165, 1.54) is 11.1 Å². The van der Waals surface area contributed by atoms with Gasteiger partial charge in [0, 0.05) is 6.42 Å². The highest BCUT2D eigenvalue weighted by atomic mass is 16.5. The Morgan fingerprint density at radius 3 is 1.68 bits per heavy atom. The lowest BCUT2D eigenvalue weighted by atomic mass is 9.80. The molecule has 2 heteroatoms. The third kappa shape index (κ3) is 4.38. The Labute approximate surface area is 117 Å². The number of ether oxygens (including phenoxy) is 1. The summed E-state index contributed by atoms with van der Waals surface area (Å²) in [7, 11) is 0. The molecule has 0 amide bonds. The molecular formula is C17H26O2. The highest BCUT2D eigenvalue weighted by Gasteiger charge is 2.21. The van der Waals surface area contributed by atoms with Crippen molar-refractivity contribution in [3.8, 4) is 5.75 Å². The minimum absolute atomic E-state index is 0.0363. The van der Waals surface area contributed by atoms with Crippen LogP contribution in [0.15, 0.2) is 18.2 Å². The van der Waals surface area contributed by atoms with Gasteiger partial charge in [-0.1, -0.05) is 54.5 Å². The number of esters is 1. The molecule has 0 fully saturated rings. The topological polar surface area (TPSA) is 26.3 Å². The van der Waals surface area contributed by atoms with Crippen molar-refractivity contribution in [2.75, 3.05) is 0 Å². The molecule has 0 aliphatic rings. The van der Waals surface area contributed by atoms with Crippen LogP contribution in [0.4, 0.5) is 0 Å². The summed E-state index contributed by atoms with van der Waals surface area (Å²) in [5.41, 5.74) is 2.46. The Morgan fingerprint density at radius 1 is 0.947 bits per heavy atom. The Hall–Kier alpha value is -1.31. The first-order valence-electron chi connectivity index (χ1n) is 6.91. The molecule has 1 aromatic carbocycles. The smallest absolute Gasteiger partial charge is 0.310 e. The molecular weight excluding hydrogens is 236 g/mol. The maximum absolute atomic E-state index is 11.5. The first-order valence-corrected chi connectivity index (χ1v) is 6.91. The maximum Gasteiger partial charge on any atom is 0.310 e. The molecule has 0 aliphatic carbocycles. The Morgan fingerprint density at radius 2 is 1.37 bits per heavy atom. The molecule has 0 unspecified atom stereocenters. The summed E-state index contributed by atoms with van der Waals surface area (Å²) < 4.78 is 5.40. The van der Waals surface area contributed by atoms with Crippen LogP contribution in [0.5, 0.6) is 5.75 Å². The fourth-order valence-electron chi connectivity index (χ4n) is 1.73. The van der Waals surface area contributed by atoms with Gasteiger partial charge in [-0.15, -0.1) is 0 Å². The third-order valence-corrected chi connectivity index (χ3v) is 3.16. The fraction of sp³-hybridized carbons (Fsp3) is 0.588. The van der Waals surface area contributed by atoms with Crippen LogP contribution in [0, 0.1) is 0 Å². The van der Waals surface area contributed by atoms with Crippen LogP contribution in [0.25, 0.3) is 0 Å². The molecule has 0 aromatic heterocycles. The molecule has 0 saturated carbocycles. The average molecular weight is 262 g/mol. The van der Waals surface area contributed by atoms with Gasteiger partial charge >= 0.3 is 5.97 Å². The fourth-order valence-corrected chi connectivity index (χ4v) is 1.73. The first-order chi connectivity index (χ1) is 8.54. The molecule has 1 aromatic rings. The van der Waals surface area contributed by atoms with Crippen molar-refractivity contribution in [3.05, 3.63) is 29.3 Å². The number of benzene rings is 1. The van der Waals surface area contributed by atoms with E-state index in [1.807, 2.05) is 12.1 Å². The van der Waals surface area contributed by atoms with Crippen LogP contribution >= 0.6 is 0 Å². The van der Waals surface area contributed by atoms with Crippen molar-refractivity contribution < 1.29 is 9.53 Å². The number of hydrogen-bond donors (Lipinski definition) is 0. The van der Waals surface area contributed by atoms with Gasteiger partial charge in [0.15, 0.2) is 0 Å². The second kappa shape index (κ2) is 5.36. The van der Waals surface area contributed by atoms with Gasteiger partial charge in [-0.3, -0.25) is 4.79 Å². The lowest BCUT2D eigenvalue weighted by Crippen LogP contribution is -2.17. The van der Waals surface area contributed by atoms with Gasteiger partial charge in [0.1, 0.15) is 5.75 Å². The van der Waals surface area contributed by atoms with E-state index in [2.05, 4.69) is 47.6 Å². The minimum atomic E-state index is -0.189. The van der Waals surface area contributed by atoms with Crippen LogP contribution in [-0.2, 0) is 15.6 Å². The molecule has 1 rings (SSSR count). The van der Waals surface area contributed by atoms with E-state index in [-0.39, 0.29) is 16.8 Å². The molecule has 0 saturated heterocycles. The van der Waals surface area contributed by atoms with Crippen molar-refractivity contribution in [1.29, 1.82) is 0 Å². The van der Waals surface area contributed by atoms with Crippen LogP contribution in [0.2, 0.25) is 0 Å². The minimum Gasteiger partial charge on any atom is -0.427 e. The van der Waals surface area contributed by atoms with E-state index < -0.39 is 0 Å². The summed E-state index contributed by atoms with van der Waals surface area (Å²) in [6, 6.07) is 6.16. The summed E-state index contributed by atoms with van der Waals surface area (Å²) in [6.07, 6.45) is 0.393. The molecule has 0 spiro atoms. The van der Waals surface area contributed by atoms with Crippen molar-refractivity contribution in [1.82, 2.24) is 0 Å². The van der Waals surface area contributed by atoms with Crippen LogP contribution in [0.1, 0.15) is 66.0 Å². The summed E-state index contributed by atoms with van der Waals surface area (Å²) in [6.45, 7) is 14.8. The zero-order valence-corrected chi connectivity index (χ0v) is 13.3. The van der Waals surface area contributed by atoms with Gasteiger partial charge in [0.05, 0.1) is 0 Å². The normalized spacial score (nSPS) is 12.4. The van der Waals surface area contributed by atoms with Crippen LogP contribution < -0.4 is 4.74 Å². The van der Waals surface area contributed by atoms with Crippen LogP contribution in [0.3, 0.4) is 0 Å². The maximum atomic E-state index is 11.5. The largest absolute Gasteiger partial charge is 0.427 e. The monoisotopic (exact) mass is 262 g/mol. The highest BCUT2D eigenvalue weighted by Crippen LogP contribution is 2.32. The molecule has 19 heavy (non-hydrogen) atoms. The standard InChI is InChI=1S/C17H26O2/c1-8-15(18)19-14-10-12(16(2,3)4)9-13(11-14)17(5,6)7/h9-11H,8H2,1-7H3. The molecule has 0 atom stereocenters. The van der Waals surface area contributed by atoms with Crippen LogP contribution in [-0.4, -0.2) is 5.97 Å². The van der Waals surface area contributed by atoms with Gasteiger partial charge in [-0.05, 0) is 34.1 Å². The molecule has 0 aliphatic heterocycles. The Kier molecular flexibility index (Phi) is 4.44. The first kappa shape index (κ1) is 15.7. The summed E-state index contributed by atoms with van der Waals surface area (Å²) in [5, 5.41) is 0. The average Bonchev–Trinajstić information content (AvgIpc) is 2.26. The van der Waals surface area contributed by atoms with Gasteiger partial charge in [-0.25, -0.2) is 0 Å². The number of carbonyl (C=O) groups excluding carboxylic acids is 1. The van der Waals surface area contributed by atoms with Crippen molar-refractivity contribution in [2.45, 2.75) is 65.7 Å². The SMILES string of the molecule is CCC(=O)Oc1cc(C(C)(C)C)cc(C(C)(C)C)c1. The number of hydrogen-bond acceptors (Lipinski definition) is 2. The van der Waals surface area contributed by atoms with E-state index in [0.29, 0.717) is 12.2 Å². The van der Waals surface area contributed by atoms with Gasteiger partial charge in [0.25, 0.3) is 0 Å². The second-order valence-electron chi connectivity index (χ2n) is 7.07. The quantitative estimate of drug-likeness (QED) is 0.575. The number of rotatable bonds is 2. The Balaban J connectivity index is 3.29. The lowest BCUT2D eigenvalue weighted by Gasteiger charge is -2.25. The van der Waals surface area contributed by atoms with Crippen molar-refractivity contribution >= 4 is 5.97 Å². The van der Waals surface area contributed by atoms with Gasteiger partial charge in [-0.2, -0.15) is 0 Å². The predicted molar refractivity (Wildman–Crippen MR) is 79.8 cm³/mol. The molecule has 0 bridgehead atoms. The molecule has 0 heterocycles. The van der Waals surface area contributed by atoms with E-state index >= 15 is 0 Å². The van der Waals surface area contributed by atoms with E-state index in [4.69, 9.17) is 4.74 Å². The third-order valence-electron chi connectivity index (χ3n) is 3.16. The molecule has 106 valence electrons. The molecule has 2 nitrogen and oxygen atoms in total. The zero-order chi connectivity index (χ0) is 14.8. The molecule has 0 N–H and O–H groups in total. The van der Waals surface area contributed by atoms with E-state index in [9.17, 15) is 4.79 Å². The van der Waals surface area contributed by atoms with E-state index in [1.54, 1.807) is 6.92 Å². The van der Waals surface area contributed by atoms with Gasteiger partial charge in [0.2, 0.25) is 0 Å². The van der Waals surface area contributed by atoms with Gasteiger partial charge < -0.3 is 4.74 Å². The summed E-state index contributed by atoms with van der Waals surface area (Å²) >= 11 is 0. The number of carbonyl (C=O) groups is 1. The van der Waals surface area contributed by atoms with Crippen molar-refractivity contribution in [3.63, 3.8) is 0 Å². The van der Waals surface area contributed by atoms with E-state index in [0.717, 1.165) is 0 Å². The Bertz CT molecular complexity index is 427. The second-order valence-corrected chi connectivity index (χ2v) is 7.07. The summed E-state index contributed by atoms with van der Waals surface area (Å²) in [5.74, 6) is 0.468. The highest BCUT2D eigenvalue weighted by molar-refractivity contribution is 5.72. The van der Waals surface area contributed by atoms with Crippen molar-refractivity contribution in [2.24, 2.45) is 0 Å². The predicted octanol–water partition coefficient (Wildman–Crippen LogP) is 4.60. The zero-order valence-electron chi connectivity index (χ0n) is 13.3. The molecule has 0 radical (unpaired) electrons. The lowest BCUT2D eigenvalue weighted by molar-refractivity contribution is -0.134.